The molecule has 2 atom stereocenters. The summed E-state index contributed by atoms with van der Waals surface area (Å²) in [6.45, 7) is 2.50. The zero-order chi connectivity index (χ0) is 19.7. The fourth-order valence-corrected chi connectivity index (χ4v) is 4.42. The summed E-state index contributed by atoms with van der Waals surface area (Å²) in [6, 6.07) is 7.83. The molecule has 2 aromatic rings. The van der Waals surface area contributed by atoms with E-state index in [0.29, 0.717) is 19.6 Å². The highest BCUT2D eigenvalue weighted by Crippen LogP contribution is 2.30. The Morgan fingerprint density at radius 3 is 2.75 bits per heavy atom. The molecule has 0 spiro atoms. The molecule has 1 N–H and O–H groups in total. The van der Waals surface area contributed by atoms with Crippen LogP contribution >= 0.6 is 11.8 Å². The van der Waals surface area contributed by atoms with Crippen LogP contribution < -0.4 is 10.2 Å². The predicted octanol–water partition coefficient (Wildman–Crippen LogP) is 1.67. The van der Waals surface area contributed by atoms with E-state index in [1.807, 2.05) is 53.2 Å². The number of aryl methyl sites for hydroxylation is 1. The number of rotatable bonds is 4. The Balaban J connectivity index is 1.51. The molecule has 1 aromatic heterocycles. The zero-order valence-corrected chi connectivity index (χ0v) is 17.0. The molecule has 2 unspecified atom stereocenters. The number of hydrogen-bond acceptors (Lipinski definition) is 5. The number of aromatic nitrogens is 2. The Hall–Kier alpha value is -2.32. The summed E-state index contributed by atoms with van der Waals surface area (Å²) >= 11 is 1.67. The molecule has 2 aliphatic rings. The van der Waals surface area contributed by atoms with Crippen molar-refractivity contribution in [1.29, 1.82) is 0 Å². The normalized spacial score (nSPS) is 22.7. The second-order valence-electron chi connectivity index (χ2n) is 7.25. The molecule has 0 radical (unpaired) electrons. The van der Waals surface area contributed by atoms with Crippen molar-refractivity contribution in [3.63, 3.8) is 0 Å². The minimum atomic E-state index is -0.311. The van der Waals surface area contributed by atoms with E-state index in [1.54, 1.807) is 22.9 Å². The van der Waals surface area contributed by atoms with Gasteiger partial charge in [-0.15, -0.1) is 11.8 Å². The fourth-order valence-electron chi connectivity index (χ4n) is 4.02. The van der Waals surface area contributed by atoms with Gasteiger partial charge in [0.2, 0.25) is 11.8 Å². The van der Waals surface area contributed by atoms with Gasteiger partial charge in [-0.2, -0.15) is 0 Å². The van der Waals surface area contributed by atoms with Crippen molar-refractivity contribution in [2.45, 2.75) is 17.4 Å². The number of piperazine rings is 1. The monoisotopic (exact) mass is 399 g/mol. The average molecular weight is 400 g/mol. The maximum absolute atomic E-state index is 13.3. The standard InChI is InChI=1S/C20H25N5O2S/c1-23-9-8-22-19(23)17-12-21-7-10-24(17)20(27)14-11-18(26)25(13-14)15-3-5-16(28-2)6-4-15/h3-6,8-9,14,17,21H,7,10-13H2,1-2H3. The van der Waals surface area contributed by atoms with Crippen LogP contribution in [0.3, 0.4) is 0 Å². The summed E-state index contributed by atoms with van der Waals surface area (Å²) in [7, 11) is 1.94. The predicted molar refractivity (Wildman–Crippen MR) is 109 cm³/mol. The van der Waals surface area contributed by atoms with E-state index >= 15 is 0 Å². The van der Waals surface area contributed by atoms with E-state index in [4.69, 9.17) is 0 Å². The van der Waals surface area contributed by atoms with Gasteiger partial charge >= 0.3 is 0 Å². The summed E-state index contributed by atoms with van der Waals surface area (Å²) in [5.74, 6) is 0.619. The van der Waals surface area contributed by atoms with Gasteiger partial charge in [-0.1, -0.05) is 0 Å². The topological polar surface area (TPSA) is 70.5 Å². The van der Waals surface area contributed by atoms with E-state index in [2.05, 4.69) is 10.3 Å². The van der Waals surface area contributed by atoms with E-state index in [0.717, 1.165) is 23.0 Å². The number of imidazole rings is 1. The maximum Gasteiger partial charge on any atom is 0.228 e. The molecule has 8 heteroatoms. The second kappa shape index (κ2) is 7.97. The van der Waals surface area contributed by atoms with Crippen LogP contribution in [0.5, 0.6) is 0 Å². The number of thioether (sulfide) groups is 1. The van der Waals surface area contributed by atoms with Crippen LogP contribution in [0.2, 0.25) is 0 Å². The first-order valence-corrected chi connectivity index (χ1v) is 10.7. The zero-order valence-electron chi connectivity index (χ0n) is 16.2. The molecule has 2 aliphatic heterocycles. The van der Waals surface area contributed by atoms with Gasteiger partial charge in [0.15, 0.2) is 0 Å². The molecule has 3 heterocycles. The largest absolute Gasteiger partial charge is 0.336 e. The van der Waals surface area contributed by atoms with Crippen LogP contribution in [0.15, 0.2) is 41.6 Å². The molecule has 2 amide bonds. The van der Waals surface area contributed by atoms with Crippen molar-refractivity contribution >= 4 is 29.3 Å². The third-order valence-electron chi connectivity index (χ3n) is 5.54. The van der Waals surface area contributed by atoms with Gasteiger partial charge in [0.1, 0.15) is 11.9 Å². The van der Waals surface area contributed by atoms with Crippen molar-refractivity contribution in [3.8, 4) is 0 Å². The Kier molecular flexibility index (Phi) is 5.41. The number of amides is 2. The van der Waals surface area contributed by atoms with Crippen LogP contribution in [0.25, 0.3) is 0 Å². The lowest BCUT2D eigenvalue weighted by Gasteiger charge is -2.37. The minimum Gasteiger partial charge on any atom is -0.336 e. The quantitative estimate of drug-likeness (QED) is 0.792. The van der Waals surface area contributed by atoms with E-state index in [9.17, 15) is 9.59 Å². The number of anilines is 1. The van der Waals surface area contributed by atoms with Gasteiger partial charge in [-0.25, -0.2) is 4.98 Å². The second-order valence-corrected chi connectivity index (χ2v) is 8.13. The first-order valence-electron chi connectivity index (χ1n) is 9.51. The lowest BCUT2D eigenvalue weighted by atomic mass is 10.0. The van der Waals surface area contributed by atoms with Gasteiger partial charge in [-0.3, -0.25) is 9.59 Å². The van der Waals surface area contributed by atoms with Gasteiger partial charge in [0.05, 0.1) is 5.92 Å². The molecule has 28 heavy (non-hydrogen) atoms. The molecule has 0 aliphatic carbocycles. The molecule has 148 valence electrons. The van der Waals surface area contributed by atoms with Crippen molar-refractivity contribution in [1.82, 2.24) is 19.8 Å². The van der Waals surface area contributed by atoms with Crippen LogP contribution in [0.1, 0.15) is 18.3 Å². The first-order chi connectivity index (χ1) is 13.6. The third-order valence-corrected chi connectivity index (χ3v) is 6.28. The lowest BCUT2D eigenvalue weighted by molar-refractivity contribution is -0.139. The van der Waals surface area contributed by atoms with Crippen molar-refractivity contribution in [2.24, 2.45) is 13.0 Å². The number of carbonyl (C=O) groups is 2. The van der Waals surface area contributed by atoms with Crippen LogP contribution in [0, 0.1) is 5.92 Å². The third kappa shape index (κ3) is 3.54. The molecule has 0 saturated carbocycles. The number of benzene rings is 1. The Morgan fingerprint density at radius 2 is 2.07 bits per heavy atom. The van der Waals surface area contributed by atoms with Crippen molar-refractivity contribution in [2.75, 3.05) is 37.3 Å². The van der Waals surface area contributed by atoms with Gasteiger partial charge < -0.3 is 19.7 Å². The highest BCUT2D eigenvalue weighted by atomic mass is 32.2. The summed E-state index contributed by atoms with van der Waals surface area (Å²) in [5.41, 5.74) is 0.860. The van der Waals surface area contributed by atoms with Gasteiger partial charge in [0, 0.05) is 62.6 Å². The minimum absolute atomic E-state index is 0.0129. The Labute approximate surface area is 169 Å². The highest BCUT2D eigenvalue weighted by Gasteiger charge is 2.40. The summed E-state index contributed by atoms with van der Waals surface area (Å²) in [6.07, 6.45) is 5.94. The van der Waals surface area contributed by atoms with Crippen molar-refractivity contribution < 1.29 is 9.59 Å². The highest BCUT2D eigenvalue weighted by molar-refractivity contribution is 7.98. The summed E-state index contributed by atoms with van der Waals surface area (Å²) < 4.78 is 1.96. The smallest absolute Gasteiger partial charge is 0.228 e. The number of nitrogens with zero attached hydrogens (tertiary/aromatic N) is 4. The lowest BCUT2D eigenvalue weighted by Crippen LogP contribution is -2.51. The number of carbonyl (C=O) groups excluding carboxylic acids is 2. The Bertz CT molecular complexity index is 866. The SMILES string of the molecule is CSc1ccc(N2CC(C(=O)N3CCNCC3c3nccn3C)CC2=O)cc1. The molecule has 7 nitrogen and oxygen atoms in total. The maximum atomic E-state index is 13.3. The first kappa shape index (κ1) is 19.0. The van der Waals surface area contributed by atoms with Crippen LogP contribution in [-0.2, 0) is 16.6 Å². The summed E-state index contributed by atoms with van der Waals surface area (Å²) in [4.78, 5) is 35.2. The van der Waals surface area contributed by atoms with E-state index in [1.165, 1.54) is 0 Å². The Morgan fingerprint density at radius 1 is 1.29 bits per heavy atom. The molecular formula is C20H25N5O2S. The van der Waals surface area contributed by atoms with E-state index in [-0.39, 0.29) is 30.2 Å². The van der Waals surface area contributed by atoms with Crippen molar-refractivity contribution in [3.05, 3.63) is 42.5 Å². The van der Waals surface area contributed by atoms with Gasteiger partial charge in [0.25, 0.3) is 0 Å². The number of hydrogen-bond donors (Lipinski definition) is 1. The van der Waals surface area contributed by atoms with Crippen LogP contribution in [0.4, 0.5) is 5.69 Å². The molecular weight excluding hydrogens is 374 g/mol. The van der Waals surface area contributed by atoms with E-state index < -0.39 is 0 Å². The van der Waals surface area contributed by atoms with Crippen LogP contribution in [-0.4, -0.2) is 58.7 Å². The molecule has 2 saturated heterocycles. The number of nitrogens with one attached hydrogen (secondary N) is 1. The fraction of sp³-hybridized carbons (Fsp3) is 0.450. The molecule has 0 bridgehead atoms. The molecule has 1 aromatic carbocycles. The average Bonchev–Trinajstić information content (AvgIpc) is 3.33. The van der Waals surface area contributed by atoms with Gasteiger partial charge in [-0.05, 0) is 30.5 Å². The summed E-state index contributed by atoms with van der Waals surface area (Å²) in [5, 5.41) is 3.35. The molecule has 2 fully saturated rings. The molecule has 4 rings (SSSR count).